The van der Waals surface area contributed by atoms with E-state index in [1.807, 2.05) is 6.07 Å². The zero-order chi connectivity index (χ0) is 12.3. The maximum Gasteiger partial charge on any atom is 0.0634 e. The molecule has 0 aromatic carbocycles. The number of aromatic nitrogens is 1. The number of rotatable bonds is 3. The quantitative estimate of drug-likeness (QED) is 0.899. The number of hydrogen-bond donors (Lipinski definition) is 1. The van der Waals surface area contributed by atoms with Crippen LogP contribution in [0.15, 0.2) is 18.5 Å². The van der Waals surface area contributed by atoms with E-state index >= 15 is 0 Å². The summed E-state index contributed by atoms with van der Waals surface area (Å²) >= 11 is 6.14. The van der Waals surface area contributed by atoms with Gasteiger partial charge < -0.3 is 5.73 Å². The zero-order valence-corrected chi connectivity index (χ0v) is 11.0. The molecule has 1 saturated heterocycles. The lowest BCUT2D eigenvalue weighted by Crippen LogP contribution is -2.45. The molecule has 0 amide bonds. The second-order valence-electron chi connectivity index (χ2n) is 4.96. The van der Waals surface area contributed by atoms with Gasteiger partial charge in [0, 0.05) is 31.5 Å². The van der Waals surface area contributed by atoms with Gasteiger partial charge in [0.25, 0.3) is 0 Å². The molecule has 2 unspecified atom stereocenters. The molecule has 3 nitrogen and oxygen atoms in total. The third-order valence-corrected chi connectivity index (χ3v) is 3.94. The van der Waals surface area contributed by atoms with Crippen LogP contribution in [0.4, 0.5) is 0 Å². The fraction of sp³-hybridized carbons (Fsp3) is 0.615. The molecule has 2 rings (SSSR count). The van der Waals surface area contributed by atoms with Crippen molar-refractivity contribution in [3.05, 3.63) is 29.0 Å². The van der Waals surface area contributed by atoms with Crippen molar-refractivity contribution in [3.8, 4) is 0 Å². The lowest BCUT2D eigenvalue weighted by Gasteiger charge is -2.38. The van der Waals surface area contributed by atoms with Crippen molar-refractivity contribution in [1.82, 2.24) is 9.88 Å². The van der Waals surface area contributed by atoms with Crippen LogP contribution in [0.1, 0.15) is 25.3 Å². The molecule has 2 heterocycles. The number of pyridine rings is 1. The topological polar surface area (TPSA) is 42.2 Å². The van der Waals surface area contributed by atoms with E-state index in [1.165, 1.54) is 12.8 Å². The van der Waals surface area contributed by atoms with Crippen molar-refractivity contribution in [3.63, 3.8) is 0 Å². The summed E-state index contributed by atoms with van der Waals surface area (Å²) in [6, 6.07) is 2.48. The van der Waals surface area contributed by atoms with Gasteiger partial charge in [0.05, 0.1) is 5.02 Å². The highest BCUT2D eigenvalue weighted by Gasteiger charge is 2.25. The Morgan fingerprint density at radius 3 is 3.12 bits per heavy atom. The summed E-state index contributed by atoms with van der Waals surface area (Å²) in [5, 5.41) is 0.752. The van der Waals surface area contributed by atoms with E-state index in [9.17, 15) is 0 Å². The van der Waals surface area contributed by atoms with Crippen molar-refractivity contribution in [1.29, 1.82) is 0 Å². The minimum absolute atomic E-state index is 0.489. The Labute approximate surface area is 108 Å². The van der Waals surface area contributed by atoms with Crippen molar-refractivity contribution in [2.24, 2.45) is 11.7 Å². The number of nitrogens with two attached hydrogens (primary N) is 1. The van der Waals surface area contributed by atoms with E-state index in [4.69, 9.17) is 17.3 Å². The minimum Gasteiger partial charge on any atom is -0.329 e. The second kappa shape index (κ2) is 5.80. The molecule has 1 aliphatic rings. The molecule has 0 aliphatic carbocycles. The number of piperidine rings is 1. The molecular formula is C13H20ClN3. The van der Waals surface area contributed by atoms with Crippen LogP contribution >= 0.6 is 11.6 Å². The first-order valence-corrected chi connectivity index (χ1v) is 6.61. The maximum absolute atomic E-state index is 6.14. The van der Waals surface area contributed by atoms with E-state index in [0.717, 1.165) is 36.1 Å². The number of halogens is 1. The van der Waals surface area contributed by atoms with Crippen molar-refractivity contribution in [2.75, 3.05) is 13.1 Å². The Morgan fingerprint density at radius 1 is 1.59 bits per heavy atom. The first-order chi connectivity index (χ1) is 8.20. The summed E-state index contributed by atoms with van der Waals surface area (Å²) < 4.78 is 0. The lowest BCUT2D eigenvalue weighted by molar-refractivity contribution is 0.115. The summed E-state index contributed by atoms with van der Waals surface area (Å²) in [6.45, 7) is 5.03. The summed E-state index contributed by atoms with van der Waals surface area (Å²) in [5.74, 6) is 0.785. The van der Waals surface area contributed by atoms with Crippen molar-refractivity contribution < 1.29 is 0 Å². The molecule has 94 valence electrons. The number of likely N-dealkylation sites (tertiary alicyclic amines) is 1. The van der Waals surface area contributed by atoms with Gasteiger partial charge in [-0.2, -0.15) is 0 Å². The van der Waals surface area contributed by atoms with Gasteiger partial charge in [-0.05, 0) is 36.9 Å². The van der Waals surface area contributed by atoms with E-state index in [-0.39, 0.29) is 0 Å². The van der Waals surface area contributed by atoms with Crippen LogP contribution in [0.3, 0.4) is 0 Å². The molecule has 2 N–H and O–H groups in total. The SMILES string of the molecule is CC1CCN(Cc2ccncc2Cl)C(CN)C1. The van der Waals surface area contributed by atoms with Crippen LogP contribution in [0.5, 0.6) is 0 Å². The fourth-order valence-electron chi connectivity index (χ4n) is 2.50. The van der Waals surface area contributed by atoms with Crippen LogP contribution < -0.4 is 5.73 Å². The van der Waals surface area contributed by atoms with Gasteiger partial charge >= 0.3 is 0 Å². The van der Waals surface area contributed by atoms with Gasteiger partial charge in [0.2, 0.25) is 0 Å². The average molecular weight is 254 g/mol. The van der Waals surface area contributed by atoms with Crippen molar-refractivity contribution >= 4 is 11.6 Å². The van der Waals surface area contributed by atoms with Gasteiger partial charge in [-0.1, -0.05) is 18.5 Å². The third-order valence-electron chi connectivity index (χ3n) is 3.60. The van der Waals surface area contributed by atoms with Gasteiger partial charge in [0.15, 0.2) is 0 Å². The van der Waals surface area contributed by atoms with Gasteiger partial charge in [-0.15, -0.1) is 0 Å². The van der Waals surface area contributed by atoms with Crippen LogP contribution in [0, 0.1) is 5.92 Å². The first kappa shape index (κ1) is 12.8. The van der Waals surface area contributed by atoms with Crippen LogP contribution in [-0.2, 0) is 6.54 Å². The van der Waals surface area contributed by atoms with Gasteiger partial charge in [-0.25, -0.2) is 0 Å². The molecule has 17 heavy (non-hydrogen) atoms. The van der Waals surface area contributed by atoms with Crippen LogP contribution in [0.25, 0.3) is 0 Å². The van der Waals surface area contributed by atoms with Crippen LogP contribution in [-0.4, -0.2) is 29.0 Å². The van der Waals surface area contributed by atoms with Crippen molar-refractivity contribution in [2.45, 2.75) is 32.4 Å². The fourth-order valence-corrected chi connectivity index (χ4v) is 2.68. The highest BCUT2D eigenvalue weighted by Crippen LogP contribution is 2.25. The normalized spacial score (nSPS) is 26.1. The Kier molecular flexibility index (Phi) is 4.37. The molecular weight excluding hydrogens is 234 g/mol. The second-order valence-corrected chi connectivity index (χ2v) is 5.36. The summed E-state index contributed by atoms with van der Waals surface area (Å²) in [6.07, 6.45) is 5.95. The summed E-state index contributed by atoms with van der Waals surface area (Å²) in [4.78, 5) is 6.46. The number of hydrogen-bond acceptors (Lipinski definition) is 3. The average Bonchev–Trinajstić information content (AvgIpc) is 2.34. The largest absolute Gasteiger partial charge is 0.329 e. The summed E-state index contributed by atoms with van der Waals surface area (Å²) in [7, 11) is 0. The predicted octanol–water partition coefficient (Wildman–Crippen LogP) is 2.29. The molecule has 1 aromatic rings. The molecule has 1 aliphatic heterocycles. The molecule has 2 atom stereocenters. The molecule has 0 bridgehead atoms. The molecule has 1 aromatic heterocycles. The van der Waals surface area contributed by atoms with Crippen LogP contribution in [0.2, 0.25) is 5.02 Å². The highest BCUT2D eigenvalue weighted by atomic mass is 35.5. The Bertz CT molecular complexity index is 369. The van der Waals surface area contributed by atoms with Gasteiger partial charge in [-0.3, -0.25) is 9.88 Å². The van der Waals surface area contributed by atoms with Gasteiger partial charge in [0.1, 0.15) is 0 Å². The zero-order valence-electron chi connectivity index (χ0n) is 10.3. The lowest BCUT2D eigenvalue weighted by atomic mass is 9.92. The van der Waals surface area contributed by atoms with E-state index < -0.39 is 0 Å². The Morgan fingerprint density at radius 2 is 2.41 bits per heavy atom. The Balaban J connectivity index is 2.05. The number of nitrogens with zero attached hydrogens (tertiary/aromatic N) is 2. The predicted molar refractivity (Wildman–Crippen MR) is 70.9 cm³/mol. The smallest absolute Gasteiger partial charge is 0.0634 e. The van der Waals surface area contributed by atoms with E-state index in [2.05, 4.69) is 16.8 Å². The Hall–Kier alpha value is -0.640. The first-order valence-electron chi connectivity index (χ1n) is 6.23. The van der Waals surface area contributed by atoms with E-state index in [0.29, 0.717) is 6.04 Å². The maximum atomic E-state index is 6.14. The molecule has 0 saturated carbocycles. The molecule has 4 heteroatoms. The standard InChI is InChI=1S/C13H20ClN3/c1-10-3-5-17(12(6-10)7-15)9-11-2-4-16-8-13(11)14/h2,4,8,10,12H,3,5-7,9,15H2,1H3. The third kappa shape index (κ3) is 3.18. The molecule has 0 radical (unpaired) electrons. The molecule has 0 spiro atoms. The molecule has 1 fully saturated rings. The minimum atomic E-state index is 0.489. The highest BCUT2D eigenvalue weighted by molar-refractivity contribution is 6.31. The monoisotopic (exact) mass is 253 g/mol. The van der Waals surface area contributed by atoms with E-state index in [1.54, 1.807) is 12.4 Å². The summed E-state index contributed by atoms with van der Waals surface area (Å²) in [5.41, 5.74) is 7.01.